The highest BCUT2D eigenvalue weighted by atomic mass is 35.5. The van der Waals surface area contributed by atoms with Gasteiger partial charge in [-0.1, -0.05) is 11.6 Å². The molecule has 0 fully saturated rings. The van der Waals surface area contributed by atoms with Gasteiger partial charge in [0.2, 0.25) is 0 Å². The van der Waals surface area contributed by atoms with Gasteiger partial charge in [-0.2, -0.15) is 0 Å². The zero-order valence-electron chi connectivity index (χ0n) is 10.0. The number of methoxy groups -OCH3 is 1. The van der Waals surface area contributed by atoms with Crippen molar-refractivity contribution in [3.8, 4) is 5.75 Å². The average molecular weight is 285 g/mol. The summed E-state index contributed by atoms with van der Waals surface area (Å²) in [4.78, 5) is 0. The molecule has 0 aliphatic carbocycles. The van der Waals surface area contributed by atoms with Gasteiger partial charge in [0.05, 0.1) is 17.8 Å². The third kappa shape index (κ3) is 3.06. The molecule has 0 aliphatic rings. The molecule has 2 aromatic carbocycles. The Morgan fingerprint density at radius 1 is 1.16 bits per heavy atom. The second-order valence-electron chi connectivity index (χ2n) is 3.86. The van der Waals surface area contributed by atoms with Crippen molar-refractivity contribution in [2.75, 3.05) is 18.2 Å². The summed E-state index contributed by atoms with van der Waals surface area (Å²) in [5.74, 6) is -1.01. The quantitative estimate of drug-likeness (QED) is 0.839. The second-order valence-corrected chi connectivity index (χ2v) is 4.27. The molecule has 19 heavy (non-hydrogen) atoms. The molecule has 0 aliphatic heterocycles. The fourth-order valence-corrected chi connectivity index (χ4v) is 1.86. The van der Waals surface area contributed by atoms with Gasteiger partial charge < -0.3 is 15.8 Å². The monoisotopic (exact) mass is 284 g/mol. The molecule has 0 aromatic heterocycles. The standard InChI is InChI=1S/C13H11ClF2N2O/c1-19-10-5-8(17)4-9(6-10)18-13-11(14)2-7(15)3-12(13)16/h2-6,18H,17H2,1H3. The van der Waals surface area contributed by atoms with Crippen molar-refractivity contribution in [2.24, 2.45) is 0 Å². The van der Waals surface area contributed by atoms with Crippen LogP contribution in [0.2, 0.25) is 5.02 Å². The Bertz CT molecular complexity index is 597. The van der Waals surface area contributed by atoms with Crippen LogP contribution < -0.4 is 15.8 Å². The maximum atomic E-state index is 13.6. The molecule has 0 saturated heterocycles. The first-order valence-electron chi connectivity index (χ1n) is 5.35. The third-order valence-electron chi connectivity index (χ3n) is 2.44. The predicted octanol–water partition coefficient (Wildman–Crippen LogP) is 3.95. The number of anilines is 3. The molecule has 0 saturated carbocycles. The van der Waals surface area contributed by atoms with E-state index in [0.717, 1.165) is 12.1 Å². The largest absolute Gasteiger partial charge is 0.497 e. The van der Waals surface area contributed by atoms with Crippen molar-refractivity contribution in [2.45, 2.75) is 0 Å². The number of hydrogen-bond acceptors (Lipinski definition) is 3. The van der Waals surface area contributed by atoms with E-state index < -0.39 is 11.6 Å². The van der Waals surface area contributed by atoms with E-state index in [-0.39, 0.29) is 10.7 Å². The van der Waals surface area contributed by atoms with Gasteiger partial charge >= 0.3 is 0 Å². The minimum absolute atomic E-state index is 0.0179. The third-order valence-corrected chi connectivity index (χ3v) is 2.74. The van der Waals surface area contributed by atoms with E-state index >= 15 is 0 Å². The van der Waals surface area contributed by atoms with Crippen LogP contribution in [0.5, 0.6) is 5.75 Å². The lowest BCUT2D eigenvalue weighted by molar-refractivity contribution is 0.415. The molecule has 2 aromatic rings. The van der Waals surface area contributed by atoms with Crippen molar-refractivity contribution in [3.63, 3.8) is 0 Å². The molecule has 0 heterocycles. The van der Waals surface area contributed by atoms with E-state index in [4.69, 9.17) is 22.1 Å². The first kappa shape index (κ1) is 13.4. The molecule has 2 rings (SSSR count). The van der Waals surface area contributed by atoms with Crippen molar-refractivity contribution in [3.05, 3.63) is 47.0 Å². The molecule has 0 bridgehead atoms. The van der Waals surface area contributed by atoms with Gasteiger partial charge in [0.15, 0.2) is 5.82 Å². The molecular weight excluding hydrogens is 274 g/mol. The van der Waals surface area contributed by atoms with Crippen molar-refractivity contribution in [1.29, 1.82) is 0 Å². The molecule has 0 unspecified atom stereocenters. The highest BCUT2D eigenvalue weighted by Crippen LogP contribution is 2.31. The van der Waals surface area contributed by atoms with Crippen LogP contribution in [0.3, 0.4) is 0 Å². The Morgan fingerprint density at radius 2 is 1.89 bits per heavy atom. The number of ether oxygens (including phenoxy) is 1. The maximum absolute atomic E-state index is 13.6. The number of hydrogen-bond donors (Lipinski definition) is 2. The molecule has 6 heteroatoms. The minimum atomic E-state index is -0.786. The Hall–Kier alpha value is -2.01. The SMILES string of the molecule is COc1cc(N)cc(Nc2c(F)cc(F)cc2Cl)c1. The Balaban J connectivity index is 2.39. The first-order chi connectivity index (χ1) is 8.99. The van der Waals surface area contributed by atoms with Crippen LogP contribution in [0.25, 0.3) is 0 Å². The summed E-state index contributed by atoms with van der Waals surface area (Å²) in [6.07, 6.45) is 0. The van der Waals surface area contributed by atoms with Crippen molar-refractivity contribution in [1.82, 2.24) is 0 Å². The zero-order valence-corrected chi connectivity index (χ0v) is 10.8. The lowest BCUT2D eigenvalue weighted by atomic mass is 10.2. The number of nitrogens with one attached hydrogen (secondary N) is 1. The van der Waals surface area contributed by atoms with E-state index in [1.807, 2.05) is 0 Å². The number of benzene rings is 2. The smallest absolute Gasteiger partial charge is 0.151 e. The molecule has 100 valence electrons. The van der Waals surface area contributed by atoms with Crippen LogP contribution >= 0.6 is 11.6 Å². The Kier molecular flexibility index (Phi) is 3.76. The summed E-state index contributed by atoms with van der Waals surface area (Å²) in [5.41, 5.74) is 6.60. The summed E-state index contributed by atoms with van der Waals surface area (Å²) in [7, 11) is 1.49. The molecule has 0 amide bonds. The highest BCUT2D eigenvalue weighted by molar-refractivity contribution is 6.33. The van der Waals surface area contributed by atoms with Gasteiger partial charge in [-0.25, -0.2) is 8.78 Å². The van der Waals surface area contributed by atoms with Crippen LogP contribution in [0.15, 0.2) is 30.3 Å². The maximum Gasteiger partial charge on any atom is 0.151 e. The highest BCUT2D eigenvalue weighted by Gasteiger charge is 2.11. The molecular formula is C13H11ClF2N2O. The predicted molar refractivity (Wildman–Crippen MR) is 72.1 cm³/mol. The molecule has 0 atom stereocenters. The summed E-state index contributed by atoms with van der Waals surface area (Å²) in [6.45, 7) is 0. The van der Waals surface area contributed by atoms with Crippen molar-refractivity contribution < 1.29 is 13.5 Å². The van der Waals surface area contributed by atoms with Crippen LogP contribution in [-0.4, -0.2) is 7.11 Å². The van der Waals surface area contributed by atoms with Gasteiger partial charge in [0.1, 0.15) is 11.6 Å². The summed E-state index contributed by atoms with van der Waals surface area (Å²) >= 11 is 5.79. The second kappa shape index (κ2) is 5.32. The number of nitrogen functional groups attached to an aromatic ring is 1. The van der Waals surface area contributed by atoms with E-state index in [1.165, 1.54) is 7.11 Å². The lowest BCUT2D eigenvalue weighted by Gasteiger charge is -2.11. The van der Waals surface area contributed by atoms with E-state index in [2.05, 4.69) is 5.32 Å². The zero-order chi connectivity index (χ0) is 14.0. The average Bonchev–Trinajstić information content (AvgIpc) is 2.33. The van der Waals surface area contributed by atoms with Crippen LogP contribution in [0.4, 0.5) is 25.8 Å². The van der Waals surface area contributed by atoms with Crippen molar-refractivity contribution >= 4 is 28.7 Å². The number of rotatable bonds is 3. The molecule has 0 spiro atoms. The lowest BCUT2D eigenvalue weighted by Crippen LogP contribution is -1.98. The van der Waals surface area contributed by atoms with Crippen LogP contribution in [-0.2, 0) is 0 Å². The number of nitrogens with two attached hydrogens (primary N) is 1. The van der Waals surface area contributed by atoms with E-state index in [9.17, 15) is 8.78 Å². The van der Waals surface area contributed by atoms with Gasteiger partial charge in [0, 0.05) is 29.6 Å². The molecule has 3 nitrogen and oxygen atoms in total. The van der Waals surface area contributed by atoms with Gasteiger partial charge in [-0.05, 0) is 12.1 Å². The Morgan fingerprint density at radius 3 is 2.53 bits per heavy atom. The van der Waals surface area contributed by atoms with Crippen LogP contribution in [0, 0.1) is 11.6 Å². The topological polar surface area (TPSA) is 47.3 Å². The summed E-state index contributed by atoms with van der Waals surface area (Å²) in [5, 5.41) is 2.69. The van der Waals surface area contributed by atoms with Gasteiger partial charge in [-0.15, -0.1) is 0 Å². The minimum Gasteiger partial charge on any atom is -0.497 e. The molecule has 3 N–H and O–H groups in total. The van der Waals surface area contributed by atoms with E-state index in [0.29, 0.717) is 17.1 Å². The summed E-state index contributed by atoms with van der Waals surface area (Å²) < 4.78 is 31.6. The molecule has 0 radical (unpaired) electrons. The fraction of sp³-hybridized carbons (Fsp3) is 0.0769. The fourth-order valence-electron chi connectivity index (χ4n) is 1.62. The van der Waals surface area contributed by atoms with Gasteiger partial charge in [-0.3, -0.25) is 0 Å². The van der Waals surface area contributed by atoms with Gasteiger partial charge in [0.25, 0.3) is 0 Å². The summed E-state index contributed by atoms with van der Waals surface area (Å²) in [6, 6.07) is 6.60. The normalized spacial score (nSPS) is 10.3. The van der Waals surface area contributed by atoms with Crippen LogP contribution in [0.1, 0.15) is 0 Å². The first-order valence-corrected chi connectivity index (χ1v) is 5.73. The van der Waals surface area contributed by atoms with E-state index in [1.54, 1.807) is 18.2 Å². The number of halogens is 3. The Labute approximate surface area is 113 Å².